The molecule has 1 aromatic carbocycles. The van der Waals surface area contributed by atoms with Crippen molar-refractivity contribution in [1.29, 1.82) is 0 Å². The third-order valence-corrected chi connectivity index (χ3v) is 7.29. The summed E-state index contributed by atoms with van der Waals surface area (Å²) in [5.74, 6) is 0.657. The van der Waals surface area contributed by atoms with E-state index in [1.807, 2.05) is 11.3 Å². The van der Waals surface area contributed by atoms with Gasteiger partial charge < -0.3 is 5.32 Å². The quantitative estimate of drug-likeness (QED) is 0.711. The van der Waals surface area contributed by atoms with E-state index in [2.05, 4.69) is 74.4 Å². The van der Waals surface area contributed by atoms with E-state index in [4.69, 9.17) is 0 Å². The van der Waals surface area contributed by atoms with Crippen LogP contribution < -0.4 is 5.32 Å². The molecule has 1 aliphatic rings. The fourth-order valence-electron chi connectivity index (χ4n) is 3.06. The van der Waals surface area contributed by atoms with Gasteiger partial charge in [0.15, 0.2) is 0 Å². The topological polar surface area (TPSA) is 12.0 Å². The molecule has 0 aliphatic heterocycles. The first-order valence-electron chi connectivity index (χ1n) is 6.94. The third kappa shape index (κ3) is 2.89. The molecular formula is C16H17Br2NS. The van der Waals surface area contributed by atoms with Crippen LogP contribution in [0.5, 0.6) is 0 Å². The molecule has 1 unspecified atom stereocenters. The molecule has 3 rings (SSSR count). The number of benzene rings is 1. The van der Waals surface area contributed by atoms with Gasteiger partial charge in [-0.25, -0.2) is 0 Å². The standard InChI is InChI=1S/C16H17Br2NS/c1-2-19-15(14-9-13(17)16(18)20-14)12-7-10-5-3-4-6-11(10)8-12/h3-6,9,12,15,19H,2,7-8H2,1H3. The predicted molar refractivity (Wildman–Crippen MR) is 93.5 cm³/mol. The Morgan fingerprint density at radius 3 is 2.40 bits per heavy atom. The van der Waals surface area contributed by atoms with E-state index >= 15 is 0 Å². The van der Waals surface area contributed by atoms with Gasteiger partial charge in [-0.1, -0.05) is 31.2 Å². The summed E-state index contributed by atoms with van der Waals surface area (Å²) in [6.45, 7) is 3.19. The SMILES string of the molecule is CCNC(c1cc(Br)c(Br)s1)C1Cc2ccccc2C1. The van der Waals surface area contributed by atoms with Crippen molar-refractivity contribution in [2.75, 3.05) is 6.54 Å². The minimum Gasteiger partial charge on any atom is -0.309 e. The first kappa shape index (κ1) is 14.8. The number of thiophene rings is 1. The summed E-state index contributed by atoms with van der Waals surface area (Å²) >= 11 is 9.06. The van der Waals surface area contributed by atoms with Crippen molar-refractivity contribution in [1.82, 2.24) is 5.32 Å². The van der Waals surface area contributed by atoms with Gasteiger partial charge in [0.2, 0.25) is 0 Å². The first-order valence-corrected chi connectivity index (χ1v) is 9.34. The molecule has 0 radical (unpaired) electrons. The second-order valence-electron chi connectivity index (χ2n) is 5.24. The van der Waals surface area contributed by atoms with Gasteiger partial charge in [-0.15, -0.1) is 11.3 Å². The van der Waals surface area contributed by atoms with E-state index in [-0.39, 0.29) is 0 Å². The molecule has 4 heteroatoms. The molecule has 1 atom stereocenters. The van der Waals surface area contributed by atoms with E-state index in [9.17, 15) is 0 Å². The smallest absolute Gasteiger partial charge is 0.0843 e. The Morgan fingerprint density at radius 1 is 1.25 bits per heavy atom. The molecule has 2 aromatic rings. The molecule has 0 fully saturated rings. The third-order valence-electron chi connectivity index (χ3n) is 3.95. The fourth-order valence-corrected chi connectivity index (χ4v) is 5.32. The summed E-state index contributed by atoms with van der Waals surface area (Å²) in [7, 11) is 0. The van der Waals surface area contributed by atoms with E-state index in [1.165, 1.54) is 32.6 Å². The molecule has 0 saturated heterocycles. The lowest BCUT2D eigenvalue weighted by Crippen LogP contribution is -2.28. The molecule has 20 heavy (non-hydrogen) atoms. The second kappa shape index (κ2) is 6.30. The van der Waals surface area contributed by atoms with Crippen LogP contribution in [0.15, 0.2) is 38.6 Å². The van der Waals surface area contributed by atoms with Crippen LogP contribution in [0.3, 0.4) is 0 Å². The molecule has 106 valence electrons. The van der Waals surface area contributed by atoms with Crippen molar-refractivity contribution >= 4 is 43.2 Å². The van der Waals surface area contributed by atoms with Gasteiger partial charge in [-0.2, -0.15) is 0 Å². The van der Waals surface area contributed by atoms with Crippen molar-refractivity contribution in [2.45, 2.75) is 25.8 Å². The maximum atomic E-state index is 3.68. The largest absolute Gasteiger partial charge is 0.309 e. The minimum absolute atomic E-state index is 0.444. The number of fused-ring (bicyclic) bond motifs is 1. The predicted octanol–water partition coefficient (Wildman–Crippen LogP) is 5.34. The van der Waals surface area contributed by atoms with Crippen molar-refractivity contribution in [3.05, 3.63) is 54.6 Å². The normalized spacial score (nSPS) is 16.4. The van der Waals surface area contributed by atoms with Gasteiger partial charge in [0.05, 0.1) is 3.79 Å². The van der Waals surface area contributed by atoms with Crippen LogP contribution in [0.2, 0.25) is 0 Å². The number of halogens is 2. The van der Waals surface area contributed by atoms with Crippen LogP contribution in [0, 0.1) is 5.92 Å². The van der Waals surface area contributed by atoms with E-state index in [0.717, 1.165) is 11.0 Å². The molecule has 0 spiro atoms. The number of hydrogen-bond donors (Lipinski definition) is 1. The van der Waals surface area contributed by atoms with Gasteiger partial charge in [0, 0.05) is 15.4 Å². The van der Waals surface area contributed by atoms with Gasteiger partial charge in [0.1, 0.15) is 0 Å². The Morgan fingerprint density at radius 2 is 1.90 bits per heavy atom. The average molecular weight is 415 g/mol. The van der Waals surface area contributed by atoms with Crippen LogP contribution in [-0.4, -0.2) is 6.54 Å². The highest BCUT2D eigenvalue weighted by molar-refractivity contribution is 9.13. The molecule has 1 heterocycles. The zero-order valence-electron chi connectivity index (χ0n) is 11.3. The average Bonchev–Trinajstić information content (AvgIpc) is 3.00. The van der Waals surface area contributed by atoms with Crippen LogP contribution in [0.1, 0.15) is 29.0 Å². The van der Waals surface area contributed by atoms with Crippen LogP contribution in [0.4, 0.5) is 0 Å². The molecule has 1 nitrogen and oxygen atoms in total. The molecule has 0 bridgehead atoms. The molecule has 1 aliphatic carbocycles. The molecule has 0 amide bonds. The van der Waals surface area contributed by atoms with E-state index in [0.29, 0.717) is 12.0 Å². The molecule has 1 aromatic heterocycles. The van der Waals surface area contributed by atoms with E-state index < -0.39 is 0 Å². The lowest BCUT2D eigenvalue weighted by atomic mass is 9.95. The zero-order chi connectivity index (χ0) is 14.1. The lowest BCUT2D eigenvalue weighted by Gasteiger charge is -2.23. The summed E-state index contributed by atoms with van der Waals surface area (Å²) < 4.78 is 2.35. The van der Waals surface area contributed by atoms with Gasteiger partial charge in [-0.3, -0.25) is 0 Å². The van der Waals surface area contributed by atoms with Crippen molar-refractivity contribution in [3.63, 3.8) is 0 Å². The van der Waals surface area contributed by atoms with E-state index in [1.54, 1.807) is 0 Å². The molecule has 0 saturated carbocycles. The van der Waals surface area contributed by atoms with Crippen molar-refractivity contribution < 1.29 is 0 Å². The molecule has 1 N–H and O–H groups in total. The van der Waals surface area contributed by atoms with Gasteiger partial charge >= 0.3 is 0 Å². The fraction of sp³-hybridized carbons (Fsp3) is 0.375. The maximum Gasteiger partial charge on any atom is 0.0843 e. The minimum atomic E-state index is 0.444. The zero-order valence-corrected chi connectivity index (χ0v) is 15.3. The van der Waals surface area contributed by atoms with Crippen LogP contribution in [-0.2, 0) is 12.8 Å². The lowest BCUT2D eigenvalue weighted by molar-refractivity contribution is 0.386. The maximum absolute atomic E-state index is 3.68. The van der Waals surface area contributed by atoms with Crippen molar-refractivity contribution in [2.24, 2.45) is 5.92 Å². The monoisotopic (exact) mass is 413 g/mol. The van der Waals surface area contributed by atoms with Gasteiger partial charge in [-0.05, 0) is 74.4 Å². The number of rotatable bonds is 4. The first-order chi connectivity index (χ1) is 9.69. The summed E-state index contributed by atoms with van der Waals surface area (Å²) in [6, 6.07) is 11.6. The van der Waals surface area contributed by atoms with Crippen molar-refractivity contribution in [3.8, 4) is 0 Å². The Balaban J connectivity index is 1.86. The Hall–Kier alpha value is -0.160. The summed E-state index contributed by atoms with van der Waals surface area (Å²) in [4.78, 5) is 1.42. The van der Waals surface area contributed by atoms with Gasteiger partial charge in [0.25, 0.3) is 0 Å². The van der Waals surface area contributed by atoms with Crippen LogP contribution >= 0.6 is 43.2 Å². The second-order valence-corrected chi connectivity index (χ2v) is 8.50. The highest BCUT2D eigenvalue weighted by Gasteiger charge is 2.30. The summed E-state index contributed by atoms with van der Waals surface area (Å²) in [6.07, 6.45) is 2.36. The Kier molecular flexibility index (Phi) is 4.65. The highest BCUT2D eigenvalue weighted by Crippen LogP contribution is 2.41. The number of hydrogen-bond acceptors (Lipinski definition) is 2. The Bertz CT molecular complexity index is 564. The molecular weight excluding hydrogens is 398 g/mol. The Labute approximate surface area is 141 Å². The number of nitrogens with one attached hydrogen (secondary N) is 1. The summed E-state index contributed by atoms with van der Waals surface area (Å²) in [5.41, 5.74) is 3.05. The summed E-state index contributed by atoms with van der Waals surface area (Å²) in [5, 5.41) is 3.68. The highest BCUT2D eigenvalue weighted by atomic mass is 79.9. The van der Waals surface area contributed by atoms with Crippen LogP contribution in [0.25, 0.3) is 0 Å².